The number of hydrogen-bond acceptors (Lipinski definition) is 3. The number of hydrogen-bond donors (Lipinski definition) is 2. The molecule has 2 amide bonds. The second-order valence-electron chi connectivity index (χ2n) is 6.43. The molecule has 0 saturated carbocycles. The molecule has 0 aliphatic rings. The Morgan fingerprint density at radius 2 is 1.48 bits per heavy atom. The third kappa shape index (κ3) is 6.02. The van der Waals surface area contributed by atoms with Gasteiger partial charge in [0.15, 0.2) is 0 Å². The third-order valence-corrected chi connectivity index (χ3v) is 4.47. The lowest BCUT2D eigenvalue weighted by molar-refractivity contribution is -0.120. The molecule has 3 aromatic carbocycles. The molecule has 0 atom stereocenters. The van der Waals surface area contributed by atoms with Gasteiger partial charge in [0.05, 0.1) is 12.1 Å². The Morgan fingerprint density at radius 1 is 0.862 bits per heavy atom. The highest BCUT2D eigenvalue weighted by atomic mass is 35.5. The molecule has 0 spiro atoms. The van der Waals surface area contributed by atoms with Crippen molar-refractivity contribution in [3.63, 3.8) is 0 Å². The van der Waals surface area contributed by atoms with Gasteiger partial charge in [-0.15, -0.1) is 0 Å². The molecule has 5 nitrogen and oxygen atoms in total. The quantitative estimate of drug-likeness (QED) is 0.462. The summed E-state index contributed by atoms with van der Waals surface area (Å²) in [6.45, 7) is 1.81. The van der Waals surface area contributed by atoms with Crippen molar-refractivity contribution in [1.82, 2.24) is 5.43 Å². The molecule has 29 heavy (non-hydrogen) atoms. The highest BCUT2D eigenvalue weighted by molar-refractivity contribution is 6.30. The van der Waals surface area contributed by atoms with Gasteiger partial charge in [0.2, 0.25) is 5.91 Å². The van der Waals surface area contributed by atoms with Crippen molar-refractivity contribution in [2.24, 2.45) is 5.10 Å². The fourth-order valence-corrected chi connectivity index (χ4v) is 2.76. The predicted molar refractivity (Wildman–Crippen MR) is 116 cm³/mol. The summed E-state index contributed by atoms with van der Waals surface area (Å²) in [5, 5.41) is 7.56. The maximum Gasteiger partial charge on any atom is 0.255 e. The zero-order chi connectivity index (χ0) is 20.6. The van der Waals surface area contributed by atoms with Crippen molar-refractivity contribution in [3.05, 3.63) is 101 Å². The van der Waals surface area contributed by atoms with Crippen LogP contribution >= 0.6 is 11.6 Å². The van der Waals surface area contributed by atoms with E-state index in [9.17, 15) is 9.59 Å². The van der Waals surface area contributed by atoms with Crippen molar-refractivity contribution < 1.29 is 9.59 Å². The highest BCUT2D eigenvalue weighted by Crippen LogP contribution is 2.14. The Balaban J connectivity index is 1.57. The predicted octanol–water partition coefficient (Wildman–Crippen LogP) is 4.68. The summed E-state index contributed by atoms with van der Waals surface area (Å²) in [5.74, 6) is -0.393. The maximum absolute atomic E-state index is 12.2. The number of halogens is 1. The summed E-state index contributed by atoms with van der Waals surface area (Å²) < 4.78 is 0. The van der Waals surface area contributed by atoms with Crippen LogP contribution in [0.25, 0.3) is 0 Å². The molecule has 2 N–H and O–H groups in total. The SMILES string of the molecule is CC(=NNC(=O)Cc1ccccc1)c1ccc(NC(=O)c2ccc(Cl)cc2)cc1. The van der Waals surface area contributed by atoms with Gasteiger partial charge < -0.3 is 5.32 Å². The lowest BCUT2D eigenvalue weighted by Crippen LogP contribution is -2.21. The Labute approximate surface area is 174 Å². The van der Waals surface area contributed by atoms with Crippen molar-refractivity contribution in [3.8, 4) is 0 Å². The fourth-order valence-electron chi connectivity index (χ4n) is 2.63. The third-order valence-electron chi connectivity index (χ3n) is 4.22. The van der Waals surface area contributed by atoms with Gasteiger partial charge in [-0.25, -0.2) is 5.43 Å². The van der Waals surface area contributed by atoms with Gasteiger partial charge in [-0.2, -0.15) is 5.10 Å². The van der Waals surface area contributed by atoms with E-state index in [4.69, 9.17) is 11.6 Å². The van der Waals surface area contributed by atoms with Crippen molar-refractivity contribution in [2.75, 3.05) is 5.32 Å². The highest BCUT2D eigenvalue weighted by Gasteiger charge is 2.07. The maximum atomic E-state index is 12.2. The van der Waals surface area contributed by atoms with Crippen LogP contribution in [0.4, 0.5) is 5.69 Å². The van der Waals surface area contributed by atoms with E-state index in [2.05, 4.69) is 15.8 Å². The van der Waals surface area contributed by atoms with E-state index >= 15 is 0 Å². The molecule has 6 heteroatoms. The van der Waals surface area contributed by atoms with Crippen LogP contribution in [0.3, 0.4) is 0 Å². The van der Waals surface area contributed by atoms with Crippen LogP contribution in [0.15, 0.2) is 84.0 Å². The molecule has 3 rings (SSSR count). The number of amides is 2. The zero-order valence-electron chi connectivity index (χ0n) is 15.9. The van der Waals surface area contributed by atoms with E-state index in [1.54, 1.807) is 36.4 Å². The summed E-state index contributed by atoms with van der Waals surface area (Å²) in [6, 6.07) is 23.4. The zero-order valence-corrected chi connectivity index (χ0v) is 16.6. The first-order chi connectivity index (χ1) is 14.0. The first-order valence-electron chi connectivity index (χ1n) is 9.05. The number of nitrogens with zero attached hydrogens (tertiary/aromatic N) is 1. The molecule has 3 aromatic rings. The normalized spacial score (nSPS) is 11.0. The van der Waals surface area contributed by atoms with Crippen LogP contribution in [-0.4, -0.2) is 17.5 Å². The van der Waals surface area contributed by atoms with Crippen LogP contribution < -0.4 is 10.7 Å². The average molecular weight is 406 g/mol. The second-order valence-corrected chi connectivity index (χ2v) is 6.87. The van der Waals surface area contributed by atoms with E-state index in [0.717, 1.165) is 11.1 Å². The summed E-state index contributed by atoms with van der Waals surface area (Å²) in [4.78, 5) is 24.3. The van der Waals surface area contributed by atoms with Crippen molar-refractivity contribution >= 4 is 34.8 Å². The van der Waals surface area contributed by atoms with Gasteiger partial charge in [-0.05, 0) is 54.4 Å². The summed E-state index contributed by atoms with van der Waals surface area (Å²) in [7, 11) is 0. The Bertz CT molecular complexity index is 1010. The number of benzene rings is 3. The molecule has 0 unspecified atom stereocenters. The topological polar surface area (TPSA) is 70.6 Å². The monoisotopic (exact) mass is 405 g/mol. The van der Waals surface area contributed by atoms with Gasteiger partial charge in [-0.1, -0.05) is 54.1 Å². The molecule has 0 heterocycles. The fraction of sp³-hybridized carbons (Fsp3) is 0.0870. The van der Waals surface area contributed by atoms with Crippen LogP contribution in [0.1, 0.15) is 28.4 Å². The minimum atomic E-state index is -0.215. The van der Waals surface area contributed by atoms with Crippen molar-refractivity contribution in [1.29, 1.82) is 0 Å². The molecular weight excluding hydrogens is 386 g/mol. The van der Waals surface area contributed by atoms with E-state index in [1.165, 1.54) is 0 Å². The summed E-state index contributed by atoms with van der Waals surface area (Å²) in [5.41, 5.74) is 6.20. The molecular formula is C23H20ClN3O2. The first-order valence-corrected chi connectivity index (χ1v) is 9.43. The van der Waals surface area contributed by atoms with Crippen LogP contribution in [0, 0.1) is 0 Å². The number of carbonyl (C=O) groups excluding carboxylic acids is 2. The molecule has 0 bridgehead atoms. The lowest BCUT2D eigenvalue weighted by atomic mass is 10.1. The second kappa shape index (κ2) is 9.66. The average Bonchev–Trinajstić information content (AvgIpc) is 2.74. The Kier molecular flexibility index (Phi) is 6.76. The molecule has 0 aromatic heterocycles. The van der Waals surface area contributed by atoms with Crippen LogP contribution in [-0.2, 0) is 11.2 Å². The van der Waals surface area contributed by atoms with Gasteiger partial charge in [0.25, 0.3) is 5.91 Å². The smallest absolute Gasteiger partial charge is 0.255 e. The number of nitrogens with one attached hydrogen (secondary N) is 2. The van der Waals surface area contributed by atoms with Gasteiger partial charge in [0, 0.05) is 16.3 Å². The van der Waals surface area contributed by atoms with E-state index < -0.39 is 0 Å². The molecule has 146 valence electrons. The van der Waals surface area contributed by atoms with Gasteiger partial charge in [-0.3, -0.25) is 9.59 Å². The number of rotatable bonds is 6. The standard InChI is InChI=1S/C23H20ClN3O2/c1-16(26-27-22(28)15-17-5-3-2-4-6-17)18-9-13-21(14-10-18)25-23(29)19-7-11-20(24)12-8-19/h2-14H,15H2,1H3,(H,25,29)(H,27,28). The van der Waals surface area contributed by atoms with Crippen LogP contribution in [0.2, 0.25) is 5.02 Å². The summed E-state index contributed by atoms with van der Waals surface area (Å²) >= 11 is 5.84. The summed E-state index contributed by atoms with van der Waals surface area (Å²) in [6.07, 6.45) is 0.271. The minimum absolute atomic E-state index is 0.178. The van der Waals surface area contributed by atoms with E-state index in [0.29, 0.717) is 22.0 Å². The minimum Gasteiger partial charge on any atom is -0.322 e. The van der Waals surface area contributed by atoms with E-state index in [1.807, 2.05) is 49.4 Å². The molecule has 0 radical (unpaired) electrons. The first kappa shape index (κ1) is 20.3. The van der Waals surface area contributed by atoms with Crippen LogP contribution in [0.5, 0.6) is 0 Å². The van der Waals surface area contributed by atoms with Gasteiger partial charge >= 0.3 is 0 Å². The molecule has 0 fully saturated rings. The molecule has 0 aliphatic carbocycles. The Hall–Kier alpha value is -3.44. The van der Waals surface area contributed by atoms with E-state index in [-0.39, 0.29) is 18.2 Å². The lowest BCUT2D eigenvalue weighted by Gasteiger charge is -2.07. The number of anilines is 1. The number of hydrazone groups is 1. The number of carbonyl (C=O) groups is 2. The van der Waals surface area contributed by atoms with Crippen molar-refractivity contribution in [2.45, 2.75) is 13.3 Å². The molecule has 0 aliphatic heterocycles. The van der Waals surface area contributed by atoms with Gasteiger partial charge in [0.1, 0.15) is 0 Å². The Morgan fingerprint density at radius 3 is 2.14 bits per heavy atom. The largest absolute Gasteiger partial charge is 0.322 e. The molecule has 0 saturated heterocycles.